The van der Waals surface area contributed by atoms with E-state index in [1.54, 1.807) is 0 Å². The van der Waals surface area contributed by atoms with Crippen LogP contribution in [0, 0.1) is 20.2 Å². The van der Waals surface area contributed by atoms with Gasteiger partial charge in [-0.25, -0.2) is 9.13 Å². The number of aromatic nitrogens is 2. The molecule has 2 unspecified atom stereocenters. The van der Waals surface area contributed by atoms with Gasteiger partial charge in [0.2, 0.25) is 6.33 Å². The summed E-state index contributed by atoms with van der Waals surface area (Å²) in [5.74, 6) is 0. The predicted molar refractivity (Wildman–Crippen MR) is 148 cm³/mol. The van der Waals surface area contributed by atoms with Crippen molar-refractivity contribution in [3.8, 4) is 0 Å². The zero-order valence-corrected chi connectivity index (χ0v) is 21.8. The molecule has 0 spiro atoms. The van der Waals surface area contributed by atoms with Gasteiger partial charge in [-0.05, 0) is 12.1 Å². The van der Waals surface area contributed by atoms with E-state index in [-0.39, 0.29) is 11.4 Å². The number of hydrogen-bond acceptors (Lipinski definition) is 4. The third-order valence-electron chi connectivity index (χ3n) is 6.47. The number of imidazole rings is 1. The second-order valence-corrected chi connectivity index (χ2v) is 9.67. The average molecular weight is 560 g/mol. The molecule has 0 saturated carbocycles. The van der Waals surface area contributed by atoms with Gasteiger partial charge in [-0.15, -0.1) is 0 Å². The van der Waals surface area contributed by atoms with Crippen molar-refractivity contribution in [1.29, 1.82) is 0 Å². The minimum absolute atomic E-state index is 0.0686. The Labute approximate surface area is 233 Å². The van der Waals surface area contributed by atoms with Crippen LogP contribution in [0.5, 0.6) is 0 Å². The molecular weight excluding hydrogens is 539 g/mol. The highest BCUT2D eigenvalue weighted by Gasteiger charge is 2.30. The summed E-state index contributed by atoms with van der Waals surface area (Å²) in [6, 6.07) is 26.8. The minimum Gasteiger partial charge on any atom is -0.258 e. The minimum atomic E-state index is -0.489. The summed E-state index contributed by atoms with van der Waals surface area (Å²) in [4.78, 5) is 22.2. The lowest BCUT2D eigenvalue weighted by molar-refractivity contribution is -0.704. The Bertz CT molecular complexity index is 1540. The molecule has 2 atom stereocenters. The Kier molecular flexibility index (Phi) is 7.40. The summed E-state index contributed by atoms with van der Waals surface area (Å²) in [5.41, 5.74) is 2.72. The second-order valence-electron chi connectivity index (χ2n) is 8.86. The summed E-state index contributed by atoms with van der Waals surface area (Å²) >= 11 is 13.2. The number of hydrogen-bond donors (Lipinski definition) is 0. The van der Waals surface area contributed by atoms with E-state index < -0.39 is 21.9 Å². The van der Waals surface area contributed by atoms with Gasteiger partial charge in [0, 0.05) is 56.6 Å². The SMILES string of the molecule is O=[N+]([O-])c1ccc(Cl)c(C(c2ccccc2)n2cc[n+](C(c3ccccc3)c3cc([N+](=O)[O-])ccc3Cl)c2)c1. The fraction of sp³-hybridized carbons (Fsp3) is 0.0690. The summed E-state index contributed by atoms with van der Waals surface area (Å²) in [6.45, 7) is 0. The largest absolute Gasteiger partial charge is 0.269 e. The number of non-ortho nitro benzene ring substituents is 2. The summed E-state index contributed by atoms with van der Waals surface area (Å²) in [7, 11) is 0. The van der Waals surface area contributed by atoms with Crippen LogP contribution in [0.25, 0.3) is 0 Å². The molecule has 10 heteroatoms. The molecule has 0 bridgehead atoms. The van der Waals surface area contributed by atoms with E-state index in [1.165, 1.54) is 36.4 Å². The maximum Gasteiger partial charge on any atom is 0.269 e. The molecular formula is C29H21Cl2N4O4+. The number of halogens is 2. The van der Waals surface area contributed by atoms with E-state index >= 15 is 0 Å². The van der Waals surface area contributed by atoms with E-state index in [0.29, 0.717) is 21.2 Å². The van der Waals surface area contributed by atoms with Crippen LogP contribution in [0.2, 0.25) is 10.0 Å². The van der Waals surface area contributed by atoms with Crippen LogP contribution in [0.15, 0.2) is 116 Å². The smallest absolute Gasteiger partial charge is 0.258 e. The third-order valence-corrected chi connectivity index (χ3v) is 7.16. The maximum absolute atomic E-state index is 11.6. The van der Waals surface area contributed by atoms with Crippen molar-refractivity contribution < 1.29 is 14.4 Å². The number of rotatable bonds is 8. The molecule has 0 saturated heterocycles. The van der Waals surface area contributed by atoms with Crippen LogP contribution in [0.4, 0.5) is 11.4 Å². The molecule has 0 aliphatic rings. The van der Waals surface area contributed by atoms with E-state index in [4.69, 9.17) is 23.2 Å². The molecule has 8 nitrogen and oxygen atoms in total. The Morgan fingerprint density at radius 2 is 1.21 bits per heavy atom. The number of benzene rings is 4. The monoisotopic (exact) mass is 559 g/mol. The third kappa shape index (κ3) is 5.38. The fourth-order valence-electron chi connectivity index (χ4n) is 4.69. The van der Waals surface area contributed by atoms with Gasteiger partial charge in [-0.1, -0.05) is 83.9 Å². The molecule has 4 aromatic carbocycles. The Morgan fingerprint density at radius 1 is 0.692 bits per heavy atom. The second kappa shape index (κ2) is 11.1. The van der Waals surface area contributed by atoms with Crippen molar-refractivity contribution in [2.24, 2.45) is 0 Å². The normalized spacial score (nSPS) is 12.6. The van der Waals surface area contributed by atoms with E-state index in [0.717, 1.165) is 11.1 Å². The zero-order chi connectivity index (χ0) is 27.5. The van der Waals surface area contributed by atoms with Crippen LogP contribution in [0.1, 0.15) is 34.3 Å². The molecule has 0 aliphatic heterocycles. The first kappa shape index (κ1) is 26.1. The van der Waals surface area contributed by atoms with Crippen molar-refractivity contribution >= 4 is 34.6 Å². The van der Waals surface area contributed by atoms with E-state index in [1.807, 2.05) is 88.5 Å². The lowest BCUT2D eigenvalue weighted by atomic mass is 9.97. The number of nitro benzene ring substituents is 2. The van der Waals surface area contributed by atoms with Gasteiger partial charge in [0.15, 0.2) is 12.1 Å². The highest BCUT2D eigenvalue weighted by Crippen LogP contribution is 2.35. The highest BCUT2D eigenvalue weighted by atomic mass is 35.5. The first-order valence-corrected chi connectivity index (χ1v) is 12.6. The van der Waals surface area contributed by atoms with Crippen molar-refractivity contribution in [1.82, 2.24) is 4.57 Å². The summed E-state index contributed by atoms with van der Waals surface area (Å²) in [6.07, 6.45) is 5.53. The van der Waals surface area contributed by atoms with E-state index in [9.17, 15) is 20.2 Å². The molecule has 0 N–H and O–H groups in total. The van der Waals surface area contributed by atoms with Crippen molar-refractivity contribution in [3.05, 3.63) is 168 Å². The van der Waals surface area contributed by atoms with Gasteiger partial charge in [-0.2, -0.15) is 0 Å². The van der Waals surface area contributed by atoms with Crippen molar-refractivity contribution in [2.75, 3.05) is 0 Å². The van der Waals surface area contributed by atoms with Crippen molar-refractivity contribution in [2.45, 2.75) is 12.1 Å². The molecule has 0 amide bonds. The van der Waals surface area contributed by atoms with Crippen LogP contribution >= 0.6 is 23.2 Å². The van der Waals surface area contributed by atoms with Gasteiger partial charge in [0.05, 0.1) is 9.85 Å². The molecule has 39 heavy (non-hydrogen) atoms. The molecule has 0 radical (unpaired) electrons. The van der Waals surface area contributed by atoms with Gasteiger partial charge in [0.25, 0.3) is 11.4 Å². The van der Waals surface area contributed by atoms with Crippen LogP contribution in [-0.2, 0) is 0 Å². The molecule has 0 aliphatic carbocycles. The van der Waals surface area contributed by atoms with Crippen LogP contribution in [0.3, 0.4) is 0 Å². The predicted octanol–water partition coefficient (Wildman–Crippen LogP) is 7.17. The molecule has 1 aromatic heterocycles. The average Bonchev–Trinajstić information content (AvgIpc) is 3.41. The van der Waals surface area contributed by atoms with Gasteiger partial charge < -0.3 is 0 Å². The van der Waals surface area contributed by atoms with Crippen LogP contribution < -0.4 is 4.57 Å². The number of nitrogens with zero attached hydrogens (tertiary/aromatic N) is 4. The van der Waals surface area contributed by atoms with E-state index in [2.05, 4.69) is 0 Å². The van der Waals surface area contributed by atoms with Gasteiger partial charge >= 0.3 is 0 Å². The highest BCUT2D eigenvalue weighted by molar-refractivity contribution is 6.31. The maximum atomic E-state index is 11.6. The standard InChI is InChI=1S/C29H21Cl2N4O4/c30-26-13-11-22(34(36)37)17-24(26)28(20-7-3-1-4-8-20)32-15-16-33(19-32)29(21-9-5-2-6-10-21)25-18-23(35(38)39)12-14-27(25)31/h1-19,28-29H/q+1. The molecule has 0 fully saturated rings. The topological polar surface area (TPSA) is 95.1 Å². The fourth-order valence-corrected chi connectivity index (χ4v) is 5.14. The first-order chi connectivity index (χ1) is 18.8. The quantitative estimate of drug-likeness (QED) is 0.114. The van der Waals surface area contributed by atoms with Gasteiger partial charge in [-0.3, -0.25) is 20.2 Å². The first-order valence-electron chi connectivity index (χ1n) is 11.9. The summed E-state index contributed by atoms with van der Waals surface area (Å²) in [5, 5.41) is 23.9. The lowest BCUT2D eigenvalue weighted by Gasteiger charge is -2.18. The molecule has 5 aromatic rings. The lowest BCUT2D eigenvalue weighted by Crippen LogP contribution is -2.39. The summed E-state index contributed by atoms with van der Waals surface area (Å²) < 4.78 is 3.81. The Balaban J connectivity index is 1.69. The molecule has 194 valence electrons. The number of nitro groups is 2. The molecule has 1 heterocycles. The Morgan fingerprint density at radius 3 is 1.77 bits per heavy atom. The van der Waals surface area contributed by atoms with Crippen LogP contribution in [-0.4, -0.2) is 14.4 Å². The Hall–Kier alpha value is -4.53. The van der Waals surface area contributed by atoms with Gasteiger partial charge in [0.1, 0.15) is 12.4 Å². The zero-order valence-electron chi connectivity index (χ0n) is 20.3. The van der Waals surface area contributed by atoms with Crippen molar-refractivity contribution in [3.63, 3.8) is 0 Å². The molecule has 5 rings (SSSR count).